The molecule has 2 atom stereocenters. The van der Waals surface area contributed by atoms with E-state index >= 15 is 0 Å². The number of aliphatic carboxylic acids is 1. The van der Waals surface area contributed by atoms with E-state index in [-0.39, 0.29) is 6.04 Å². The van der Waals surface area contributed by atoms with Gasteiger partial charge in [0.2, 0.25) is 0 Å². The van der Waals surface area contributed by atoms with Gasteiger partial charge in [-0.1, -0.05) is 17.7 Å². The van der Waals surface area contributed by atoms with Crippen molar-refractivity contribution in [2.24, 2.45) is 0 Å². The average molecular weight is 281 g/mol. The number of hydrogen-bond acceptors (Lipinski definition) is 3. The van der Waals surface area contributed by atoms with Crippen molar-refractivity contribution in [3.8, 4) is 0 Å². The van der Waals surface area contributed by atoms with Crippen LogP contribution in [-0.4, -0.2) is 40.6 Å². The Balaban J connectivity index is 1.91. The van der Waals surface area contributed by atoms with Crippen LogP contribution in [0.4, 0.5) is 5.69 Å². The number of halogens is 1. The number of nitrogens with one attached hydrogen (secondary N) is 1. The van der Waals surface area contributed by atoms with Gasteiger partial charge in [-0.15, -0.1) is 0 Å². The lowest BCUT2D eigenvalue weighted by molar-refractivity contribution is -0.143. The van der Waals surface area contributed by atoms with Crippen LogP contribution < -0.4 is 5.32 Å². The second-order valence-corrected chi connectivity index (χ2v) is 5.79. The molecule has 0 spiro atoms. The van der Waals surface area contributed by atoms with Gasteiger partial charge in [-0.3, -0.25) is 4.90 Å². The lowest BCUT2D eigenvalue weighted by atomic mass is 9.88. The Hall–Kier alpha value is -1.26. The molecule has 0 bridgehead atoms. The quantitative estimate of drug-likeness (QED) is 0.893. The van der Waals surface area contributed by atoms with Crippen LogP contribution in [0, 0.1) is 0 Å². The standard InChI is InChI=1S/C14H17ClN2O2/c15-10-3-1-4-11(9-10)16-14(13(18)19)6-8-17-7-2-5-12(14)17/h1,3-4,9,12,16H,2,5-8H2,(H,18,19). The first-order valence-corrected chi connectivity index (χ1v) is 7.01. The summed E-state index contributed by atoms with van der Waals surface area (Å²) in [4.78, 5) is 14.1. The third-order valence-electron chi connectivity index (χ3n) is 4.30. The molecule has 0 amide bonds. The van der Waals surface area contributed by atoms with Crippen molar-refractivity contribution in [1.82, 2.24) is 4.90 Å². The molecular formula is C14H17ClN2O2. The fraction of sp³-hybridized carbons (Fsp3) is 0.500. The van der Waals surface area contributed by atoms with Crippen molar-refractivity contribution in [2.75, 3.05) is 18.4 Å². The van der Waals surface area contributed by atoms with Crippen molar-refractivity contribution >= 4 is 23.3 Å². The fourth-order valence-electron chi connectivity index (χ4n) is 3.41. The van der Waals surface area contributed by atoms with Gasteiger partial charge in [-0.05, 0) is 44.0 Å². The molecule has 2 fully saturated rings. The summed E-state index contributed by atoms with van der Waals surface area (Å²) in [5, 5.41) is 13.6. The van der Waals surface area contributed by atoms with E-state index in [1.54, 1.807) is 12.1 Å². The normalized spacial score (nSPS) is 30.3. The van der Waals surface area contributed by atoms with Crippen molar-refractivity contribution < 1.29 is 9.90 Å². The molecule has 2 aliphatic heterocycles. The molecule has 1 aromatic carbocycles. The highest BCUT2D eigenvalue weighted by atomic mass is 35.5. The molecule has 0 radical (unpaired) electrons. The number of carbonyl (C=O) groups is 1. The predicted octanol–water partition coefficient (Wildman–Crippen LogP) is 2.44. The molecule has 1 aromatic rings. The Kier molecular flexibility index (Phi) is 3.15. The number of nitrogens with zero attached hydrogens (tertiary/aromatic N) is 1. The third kappa shape index (κ3) is 2.09. The second-order valence-electron chi connectivity index (χ2n) is 5.36. The molecule has 2 heterocycles. The van der Waals surface area contributed by atoms with Crippen molar-refractivity contribution in [1.29, 1.82) is 0 Å². The van der Waals surface area contributed by atoms with Gasteiger partial charge in [0.25, 0.3) is 0 Å². The molecule has 0 aliphatic carbocycles. The highest BCUT2D eigenvalue weighted by Gasteiger charge is 2.54. The van der Waals surface area contributed by atoms with Crippen molar-refractivity contribution in [3.05, 3.63) is 29.3 Å². The molecule has 4 nitrogen and oxygen atoms in total. The highest BCUT2D eigenvalue weighted by molar-refractivity contribution is 6.30. The number of hydrogen-bond donors (Lipinski definition) is 2. The number of benzene rings is 1. The number of carboxylic acids is 1. The molecule has 102 valence electrons. The zero-order valence-corrected chi connectivity index (χ0v) is 11.4. The van der Waals surface area contributed by atoms with E-state index in [0.29, 0.717) is 11.4 Å². The molecule has 19 heavy (non-hydrogen) atoms. The van der Waals surface area contributed by atoms with E-state index in [4.69, 9.17) is 11.6 Å². The van der Waals surface area contributed by atoms with Crippen molar-refractivity contribution in [3.63, 3.8) is 0 Å². The van der Waals surface area contributed by atoms with Gasteiger partial charge in [0.05, 0.1) is 0 Å². The Labute approximate surface area is 117 Å². The zero-order valence-electron chi connectivity index (χ0n) is 10.6. The topological polar surface area (TPSA) is 52.6 Å². The molecule has 5 heteroatoms. The van der Waals surface area contributed by atoms with E-state index in [2.05, 4.69) is 10.2 Å². The van der Waals surface area contributed by atoms with E-state index in [0.717, 1.165) is 31.6 Å². The summed E-state index contributed by atoms with van der Waals surface area (Å²) >= 11 is 5.97. The van der Waals surface area contributed by atoms with Crippen LogP contribution in [0.5, 0.6) is 0 Å². The SMILES string of the molecule is O=C(O)C1(Nc2cccc(Cl)c2)CCN2CCCC21. The molecule has 3 rings (SSSR count). The van der Waals surface area contributed by atoms with Gasteiger partial charge in [0.1, 0.15) is 0 Å². The summed E-state index contributed by atoms with van der Waals surface area (Å²) in [5.41, 5.74) is -0.0927. The summed E-state index contributed by atoms with van der Waals surface area (Å²) < 4.78 is 0. The first-order valence-electron chi connectivity index (χ1n) is 6.63. The maximum atomic E-state index is 11.8. The van der Waals surface area contributed by atoms with Gasteiger partial charge in [0, 0.05) is 23.3 Å². The Morgan fingerprint density at radius 1 is 1.47 bits per heavy atom. The summed E-state index contributed by atoms with van der Waals surface area (Å²) in [6.07, 6.45) is 2.66. The Morgan fingerprint density at radius 2 is 2.32 bits per heavy atom. The summed E-state index contributed by atoms with van der Waals surface area (Å²) in [6.45, 7) is 1.86. The molecule has 2 N–H and O–H groups in total. The summed E-state index contributed by atoms with van der Waals surface area (Å²) in [7, 11) is 0. The average Bonchev–Trinajstić information content (AvgIpc) is 2.93. The molecule has 2 saturated heterocycles. The first kappa shape index (κ1) is 12.8. The monoisotopic (exact) mass is 280 g/mol. The van der Waals surface area contributed by atoms with Crippen LogP contribution in [0.2, 0.25) is 5.02 Å². The van der Waals surface area contributed by atoms with Crippen LogP contribution in [-0.2, 0) is 4.79 Å². The van der Waals surface area contributed by atoms with Crippen LogP contribution in [0.15, 0.2) is 24.3 Å². The second kappa shape index (κ2) is 4.69. The van der Waals surface area contributed by atoms with Gasteiger partial charge in [-0.2, -0.15) is 0 Å². The zero-order chi connectivity index (χ0) is 13.5. The molecule has 0 saturated carbocycles. The van der Waals surface area contributed by atoms with Gasteiger partial charge < -0.3 is 10.4 Å². The predicted molar refractivity (Wildman–Crippen MR) is 74.7 cm³/mol. The molecule has 2 unspecified atom stereocenters. The maximum Gasteiger partial charge on any atom is 0.331 e. The minimum Gasteiger partial charge on any atom is -0.479 e. The number of rotatable bonds is 3. The van der Waals surface area contributed by atoms with Gasteiger partial charge in [-0.25, -0.2) is 4.79 Å². The van der Waals surface area contributed by atoms with Crippen molar-refractivity contribution in [2.45, 2.75) is 30.8 Å². The fourth-order valence-corrected chi connectivity index (χ4v) is 3.60. The highest BCUT2D eigenvalue weighted by Crippen LogP contribution is 2.39. The van der Waals surface area contributed by atoms with Gasteiger partial charge in [0.15, 0.2) is 5.54 Å². The summed E-state index contributed by atoms with van der Waals surface area (Å²) in [6, 6.07) is 7.36. The smallest absolute Gasteiger partial charge is 0.331 e. The number of carboxylic acid groups (broad SMARTS) is 1. The Morgan fingerprint density at radius 3 is 3.05 bits per heavy atom. The van der Waals surface area contributed by atoms with Crippen LogP contribution in [0.1, 0.15) is 19.3 Å². The minimum atomic E-state index is -0.874. The van der Waals surface area contributed by atoms with E-state index < -0.39 is 11.5 Å². The van der Waals surface area contributed by atoms with E-state index in [1.807, 2.05) is 12.1 Å². The van der Waals surface area contributed by atoms with E-state index in [9.17, 15) is 9.90 Å². The first-order chi connectivity index (χ1) is 9.12. The third-order valence-corrected chi connectivity index (χ3v) is 4.53. The summed E-state index contributed by atoms with van der Waals surface area (Å²) in [5.74, 6) is -0.762. The Bertz CT molecular complexity index is 508. The minimum absolute atomic E-state index is 0.0870. The lowest BCUT2D eigenvalue weighted by Gasteiger charge is -2.33. The molecule has 0 aromatic heterocycles. The maximum absolute atomic E-state index is 11.8. The van der Waals surface area contributed by atoms with Crippen LogP contribution in [0.25, 0.3) is 0 Å². The van der Waals surface area contributed by atoms with Crippen LogP contribution >= 0.6 is 11.6 Å². The molecule has 2 aliphatic rings. The van der Waals surface area contributed by atoms with Gasteiger partial charge >= 0.3 is 5.97 Å². The van der Waals surface area contributed by atoms with E-state index in [1.165, 1.54) is 0 Å². The lowest BCUT2D eigenvalue weighted by Crippen LogP contribution is -2.54. The number of fused-ring (bicyclic) bond motifs is 1. The number of anilines is 1. The molecular weight excluding hydrogens is 264 g/mol. The largest absolute Gasteiger partial charge is 0.479 e. The van der Waals surface area contributed by atoms with Crippen LogP contribution in [0.3, 0.4) is 0 Å².